The first kappa shape index (κ1) is 22.8. The van der Waals surface area contributed by atoms with Crippen LogP contribution >= 0.6 is 11.8 Å². The smallest absolute Gasteiger partial charge is 0.221 e. The summed E-state index contributed by atoms with van der Waals surface area (Å²) in [5.41, 5.74) is 3.03. The Kier molecular flexibility index (Phi) is 6.59. The lowest BCUT2D eigenvalue weighted by atomic mass is 9.96. The van der Waals surface area contributed by atoms with Crippen molar-refractivity contribution in [3.63, 3.8) is 0 Å². The van der Waals surface area contributed by atoms with Gasteiger partial charge in [-0.1, -0.05) is 72.4 Å². The van der Waals surface area contributed by atoms with Crippen molar-refractivity contribution in [1.82, 2.24) is 0 Å². The molecule has 0 heterocycles. The number of ether oxygens (including phenoxy) is 1. The molecule has 0 aromatic heterocycles. The Hall–Kier alpha value is -3.96. The van der Waals surface area contributed by atoms with E-state index in [1.165, 1.54) is 38.9 Å². The highest BCUT2D eigenvalue weighted by Gasteiger charge is 2.15. The van der Waals surface area contributed by atoms with Crippen molar-refractivity contribution in [2.45, 2.75) is 23.3 Å². The number of amides is 1. The maximum absolute atomic E-state index is 11.4. The van der Waals surface area contributed by atoms with Gasteiger partial charge in [-0.05, 0) is 63.5 Å². The van der Waals surface area contributed by atoms with E-state index in [1.54, 1.807) is 18.9 Å². The van der Waals surface area contributed by atoms with Gasteiger partial charge in [0.15, 0.2) is 0 Å². The van der Waals surface area contributed by atoms with Crippen molar-refractivity contribution in [2.24, 2.45) is 0 Å². The van der Waals surface area contributed by atoms with Gasteiger partial charge >= 0.3 is 0 Å². The van der Waals surface area contributed by atoms with E-state index in [0.717, 1.165) is 22.0 Å². The van der Waals surface area contributed by atoms with Crippen molar-refractivity contribution in [1.29, 1.82) is 0 Å². The SMILES string of the molecule is COc1ccccc1NCc1c2ccccc2c(Sc2ccc(NC(C)=O)cc2)c2ccccc12. The minimum absolute atomic E-state index is 0.0697. The lowest BCUT2D eigenvalue weighted by Crippen LogP contribution is -2.05. The third-order valence-corrected chi connectivity index (χ3v) is 7.10. The summed E-state index contributed by atoms with van der Waals surface area (Å²) in [5, 5.41) is 11.3. The average Bonchev–Trinajstić information content (AvgIpc) is 2.89. The van der Waals surface area contributed by atoms with E-state index < -0.39 is 0 Å². The normalized spacial score (nSPS) is 10.9. The number of carbonyl (C=O) groups excluding carboxylic acids is 1. The number of para-hydroxylation sites is 2. The van der Waals surface area contributed by atoms with Crippen LogP contribution in [0.5, 0.6) is 5.75 Å². The highest BCUT2D eigenvalue weighted by molar-refractivity contribution is 7.99. The van der Waals surface area contributed by atoms with Crippen molar-refractivity contribution >= 4 is 50.6 Å². The Morgan fingerprint density at radius 2 is 1.34 bits per heavy atom. The quantitative estimate of drug-likeness (QED) is 0.235. The van der Waals surface area contributed by atoms with Crippen LogP contribution in [0.25, 0.3) is 21.5 Å². The van der Waals surface area contributed by atoms with Gasteiger partial charge in [0.2, 0.25) is 5.91 Å². The lowest BCUT2D eigenvalue weighted by Gasteiger charge is -2.18. The lowest BCUT2D eigenvalue weighted by molar-refractivity contribution is -0.114. The monoisotopic (exact) mass is 478 g/mol. The highest BCUT2D eigenvalue weighted by atomic mass is 32.2. The molecule has 0 saturated heterocycles. The minimum atomic E-state index is -0.0697. The van der Waals surface area contributed by atoms with Gasteiger partial charge < -0.3 is 15.4 Å². The molecule has 0 unspecified atom stereocenters. The molecule has 2 N–H and O–H groups in total. The largest absolute Gasteiger partial charge is 0.495 e. The number of nitrogens with one attached hydrogen (secondary N) is 2. The van der Waals surface area contributed by atoms with Crippen LogP contribution < -0.4 is 15.4 Å². The third kappa shape index (κ3) is 4.81. The maximum atomic E-state index is 11.4. The van der Waals surface area contributed by atoms with Gasteiger partial charge in [-0.25, -0.2) is 0 Å². The number of rotatable bonds is 7. The molecule has 5 aromatic carbocycles. The Morgan fingerprint density at radius 3 is 1.94 bits per heavy atom. The molecule has 1 amide bonds. The molecule has 0 aliphatic carbocycles. The van der Waals surface area contributed by atoms with E-state index >= 15 is 0 Å². The topological polar surface area (TPSA) is 50.4 Å². The van der Waals surface area contributed by atoms with E-state index in [-0.39, 0.29) is 5.91 Å². The predicted octanol–water partition coefficient (Wildman–Crippen LogP) is 7.72. The van der Waals surface area contributed by atoms with Crippen LogP contribution in [0.15, 0.2) is 107 Å². The molecular formula is C30H26N2O2S. The second-order valence-electron chi connectivity index (χ2n) is 8.26. The van der Waals surface area contributed by atoms with Gasteiger partial charge in [0.1, 0.15) is 5.75 Å². The summed E-state index contributed by atoms with van der Waals surface area (Å²) in [6.45, 7) is 2.20. The van der Waals surface area contributed by atoms with E-state index in [4.69, 9.17) is 4.74 Å². The number of hydrogen-bond acceptors (Lipinski definition) is 4. The molecule has 0 aliphatic rings. The fourth-order valence-corrected chi connectivity index (χ4v) is 5.46. The number of fused-ring (bicyclic) bond motifs is 2. The molecule has 0 aliphatic heterocycles. The van der Waals surface area contributed by atoms with E-state index in [2.05, 4.69) is 71.3 Å². The zero-order valence-corrected chi connectivity index (χ0v) is 20.5. The van der Waals surface area contributed by atoms with Crippen molar-refractivity contribution in [3.8, 4) is 5.75 Å². The van der Waals surface area contributed by atoms with Crippen molar-refractivity contribution < 1.29 is 9.53 Å². The van der Waals surface area contributed by atoms with Crippen LogP contribution in [-0.4, -0.2) is 13.0 Å². The number of anilines is 2. The molecule has 174 valence electrons. The number of hydrogen-bond donors (Lipinski definition) is 2. The molecular weight excluding hydrogens is 452 g/mol. The molecule has 0 spiro atoms. The fraction of sp³-hybridized carbons (Fsp3) is 0.100. The summed E-state index contributed by atoms with van der Waals surface area (Å²) in [6, 6.07) is 33.2. The molecule has 5 aromatic rings. The third-order valence-electron chi connectivity index (χ3n) is 5.95. The van der Waals surface area contributed by atoms with Crippen LogP contribution in [0.4, 0.5) is 11.4 Å². The molecule has 0 fully saturated rings. The second kappa shape index (κ2) is 10.1. The first-order chi connectivity index (χ1) is 17.1. The molecule has 5 rings (SSSR count). The van der Waals surface area contributed by atoms with Crippen LogP contribution in [-0.2, 0) is 11.3 Å². The predicted molar refractivity (Wildman–Crippen MR) is 147 cm³/mol. The van der Waals surface area contributed by atoms with E-state index in [9.17, 15) is 4.79 Å². The van der Waals surface area contributed by atoms with Gasteiger partial charge in [0.05, 0.1) is 12.8 Å². The van der Waals surface area contributed by atoms with Gasteiger partial charge in [0.25, 0.3) is 0 Å². The minimum Gasteiger partial charge on any atom is -0.495 e. The Morgan fingerprint density at radius 1 is 0.771 bits per heavy atom. The first-order valence-corrected chi connectivity index (χ1v) is 12.3. The first-order valence-electron chi connectivity index (χ1n) is 11.5. The summed E-state index contributed by atoms with van der Waals surface area (Å²) in [4.78, 5) is 13.7. The van der Waals surface area contributed by atoms with Crippen LogP contribution in [0.3, 0.4) is 0 Å². The summed E-state index contributed by atoms with van der Waals surface area (Å²) in [6.07, 6.45) is 0. The maximum Gasteiger partial charge on any atom is 0.221 e. The van der Waals surface area contributed by atoms with Crippen LogP contribution in [0, 0.1) is 0 Å². The van der Waals surface area contributed by atoms with Gasteiger partial charge in [-0.3, -0.25) is 4.79 Å². The zero-order chi connectivity index (χ0) is 24.2. The molecule has 0 radical (unpaired) electrons. The van der Waals surface area contributed by atoms with Gasteiger partial charge in [-0.2, -0.15) is 0 Å². The summed E-state index contributed by atoms with van der Waals surface area (Å²) < 4.78 is 5.53. The van der Waals surface area contributed by atoms with Crippen molar-refractivity contribution in [3.05, 3.63) is 103 Å². The molecule has 0 atom stereocenters. The van der Waals surface area contributed by atoms with Gasteiger partial charge in [-0.15, -0.1) is 0 Å². The fourth-order valence-electron chi connectivity index (χ4n) is 4.38. The molecule has 35 heavy (non-hydrogen) atoms. The van der Waals surface area contributed by atoms with Crippen molar-refractivity contribution in [2.75, 3.05) is 17.7 Å². The number of carbonyl (C=O) groups is 1. The Bertz CT molecular complexity index is 1460. The van der Waals surface area contributed by atoms with Gasteiger partial charge in [0, 0.05) is 28.9 Å². The highest BCUT2D eigenvalue weighted by Crippen LogP contribution is 2.42. The zero-order valence-electron chi connectivity index (χ0n) is 19.7. The average molecular weight is 479 g/mol. The summed E-state index contributed by atoms with van der Waals surface area (Å²) in [5.74, 6) is 0.760. The Balaban J connectivity index is 1.58. The van der Waals surface area contributed by atoms with E-state index in [1.807, 2.05) is 36.4 Å². The van der Waals surface area contributed by atoms with E-state index in [0.29, 0.717) is 6.54 Å². The number of methoxy groups -OCH3 is 1. The molecule has 4 nitrogen and oxygen atoms in total. The molecule has 0 bridgehead atoms. The standard InChI is InChI=1S/C30H26N2O2S/c1-20(33)32-21-15-17-22(18-16-21)35-30-25-11-5-3-9-23(25)27(24-10-4-6-12-26(24)30)19-31-28-13-7-8-14-29(28)34-2/h3-18,31H,19H2,1-2H3,(H,32,33). The summed E-state index contributed by atoms with van der Waals surface area (Å²) in [7, 11) is 1.69. The summed E-state index contributed by atoms with van der Waals surface area (Å²) >= 11 is 1.75. The second-order valence-corrected chi connectivity index (χ2v) is 9.34. The molecule has 0 saturated carbocycles. The van der Waals surface area contributed by atoms with Crippen LogP contribution in [0.2, 0.25) is 0 Å². The number of benzene rings is 5. The molecule has 5 heteroatoms. The van der Waals surface area contributed by atoms with Crippen LogP contribution in [0.1, 0.15) is 12.5 Å². The Labute approximate surface area is 209 Å².